The highest BCUT2D eigenvalue weighted by atomic mass is 16.7. The molecule has 10 nitrogen and oxygen atoms in total. The second kappa shape index (κ2) is 11.0. The van der Waals surface area contributed by atoms with Gasteiger partial charge in [-0.1, -0.05) is 50.6 Å². The van der Waals surface area contributed by atoms with Gasteiger partial charge in [0.05, 0.1) is 24.4 Å². The fourth-order valence-electron chi connectivity index (χ4n) is 4.57. The smallest absolute Gasteiger partial charge is 0.251 e. The van der Waals surface area contributed by atoms with Crippen molar-refractivity contribution in [3.63, 3.8) is 0 Å². The second-order valence-electron chi connectivity index (χ2n) is 10.0. The lowest BCUT2D eigenvalue weighted by atomic mass is 9.85. The van der Waals surface area contributed by atoms with E-state index in [9.17, 15) is 24.0 Å². The van der Waals surface area contributed by atoms with Gasteiger partial charge < -0.3 is 20.1 Å². The minimum atomic E-state index is -1.16. The number of benzene rings is 2. The molecule has 0 saturated carbocycles. The molecule has 1 unspecified atom stereocenters. The molecule has 2 aromatic rings. The summed E-state index contributed by atoms with van der Waals surface area (Å²) in [6.45, 7) is 7.03. The van der Waals surface area contributed by atoms with E-state index in [4.69, 9.17) is 9.47 Å². The van der Waals surface area contributed by atoms with Gasteiger partial charge in [-0.2, -0.15) is 0 Å². The molecule has 0 aromatic heterocycles. The molecule has 1 saturated heterocycles. The van der Waals surface area contributed by atoms with E-state index >= 15 is 0 Å². The molecule has 0 bridgehead atoms. The Balaban J connectivity index is 1.51. The zero-order valence-corrected chi connectivity index (χ0v) is 21.7. The molecule has 0 radical (unpaired) electrons. The molecule has 10 heteroatoms. The molecule has 3 N–H and O–H groups in total. The number of amides is 4. The van der Waals surface area contributed by atoms with Crippen molar-refractivity contribution in [1.82, 2.24) is 16.0 Å². The van der Waals surface area contributed by atoms with Crippen molar-refractivity contribution >= 4 is 29.4 Å². The molecule has 2 aliphatic heterocycles. The average Bonchev–Trinajstić information content (AvgIpc) is 3.44. The monoisotopic (exact) mass is 521 g/mol. The van der Waals surface area contributed by atoms with Gasteiger partial charge in [-0.25, -0.2) is 0 Å². The number of fused-ring (bicyclic) bond motifs is 1. The molecule has 200 valence electrons. The van der Waals surface area contributed by atoms with E-state index in [2.05, 4.69) is 16.0 Å². The first-order chi connectivity index (χ1) is 18.0. The fraction of sp³-hybridized carbons (Fsp3) is 0.393. The van der Waals surface area contributed by atoms with E-state index in [1.807, 2.05) is 31.2 Å². The van der Waals surface area contributed by atoms with Gasteiger partial charge in [0.1, 0.15) is 5.92 Å². The van der Waals surface area contributed by atoms with E-state index in [0.29, 0.717) is 22.6 Å². The Morgan fingerprint density at radius 1 is 0.974 bits per heavy atom. The second-order valence-corrected chi connectivity index (χ2v) is 10.0. The van der Waals surface area contributed by atoms with Crippen LogP contribution in [0, 0.1) is 24.7 Å². The van der Waals surface area contributed by atoms with Crippen LogP contribution < -0.4 is 25.4 Å². The highest BCUT2D eigenvalue weighted by molar-refractivity contribution is 6.16. The zero-order valence-electron chi connectivity index (χ0n) is 21.7. The SMILES string of the molecule is Cc1ccc(C(CC(=O)N[C@H](C(=O)[C@@H]2C(=O)NC(=O)[C@H]2C)C(C)C)NC(=O)c2ccc3c(c2)OCO3)cc1. The highest BCUT2D eigenvalue weighted by Crippen LogP contribution is 2.33. The van der Waals surface area contributed by atoms with E-state index < -0.39 is 53.3 Å². The largest absolute Gasteiger partial charge is 0.454 e. The van der Waals surface area contributed by atoms with E-state index in [0.717, 1.165) is 5.56 Å². The molecular weight excluding hydrogens is 490 g/mol. The molecule has 4 amide bonds. The Labute approximate surface area is 220 Å². The van der Waals surface area contributed by atoms with Gasteiger partial charge in [0.2, 0.25) is 24.5 Å². The minimum absolute atomic E-state index is 0.0811. The Bertz CT molecular complexity index is 1270. The van der Waals surface area contributed by atoms with Crippen LogP contribution in [0.4, 0.5) is 0 Å². The van der Waals surface area contributed by atoms with Gasteiger partial charge in [-0.3, -0.25) is 29.3 Å². The normalized spacial score (nSPS) is 19.6. The summed E-state index contributed by atoms with van der Waals surface area (Å²) in [5.41, 5.74) is 2.07. The molecule has 4 rings (SSSR count). The van der Waals surface area contributed by atoms with Gasteiger partial charge in [0, 0.05) is 5.56 Å². The number of Topliss-reactive ketones (excluding diaryl/α,β-unsaturated/α-hetero) is 1. The molecule has 0 spiro atoms. The third-order valence-electron chi connectivity index (χ3n) is 6.85. The van der Waals surface area contributed by atoms with Crippen molar-refractivity contribution in [3.8, 4) is 11.5 Å². The van der Waals surface area contributed by atoms with E-state index in [1.54, 1.807) is 32.0 Å². The predicted octanol–water partition coefficient (Wildman–Crippen LogP) is 2.20. The van der Waals surface area contributed by atoms with Gasteiger partial charge in [0.25, 0.3) is 5.91 Å². The maximum absolute atomic E-state index is 13.2. The minimum Gasteiger partial charge on any atom is -0.454 e. The Kier molecular flexibility index (Phi) is 7.80. The van der Waals surface area contributed by atoms with Crippen molar-refractivity contribution in [1.29, 1.82) is 0 Å². The molecule has 2 aliphatic rings. The van der Waals surface area contributed by atoms with Crippen LogP contribution in [0.25, 0.3) is 0 Å². The fourth-order valence-corrected chi connectivity index (χ4v) is 4.57. The van der Waals surface area contributed by atoms with Crippen LogP contribution in [0.3, 0.4) is 0 Å². The summed E-state index contributed by atoms with van der Waals surface area (Å²) < 4.78 is 10.7. The summed E-state index contributed by atoms with van der Waals surface area (Å²) in [7, 11) is 0. The number of aryl methyl sites for hydroxylation is 1. The van der Waals surface area contributed by atoms with Crippen molar-refractivity contribution in [3.05, 3.63) is 59.2 Å². The first-order valence-corrected chi connectivity index (χ1v) is 12.5. The lowest BCUT2D eigenvalue weighted by Crippen LogP contribution is -2.49. The number of carbonyl (C=O) groups excluding carboxylic acids is 5. The zero-order chi connectivity index (χ0) is 27.6. The van der Waals surface area contributed by atoms with Crippen LogP contribution in [-0.2, 0) is 19.2 Å². The number of carbonyl (C=O) groups is 5. The lowest BCUT2D eigenvalue weighted by molar-refractivity contribution is -0.137. The third kappa shape index (κ3) is 5.69. The number of nitrogens with one attached hydrogen (secondary N) is 3. The lowest BCUT2D eigenvalue weighted by Gasteiger charge is -2.26. The maximum Gasteiger partial charge on any atom is 0.251 e. The molecule has 38 heavy (non-hydrogen) atoms. The summed E-state index contributed by atoms with van der Waals surface area (Å²) in [5.74, 6) is -3.85. The number of hydrogen-bond donors (Lipinski definition) is 3. The van der Waals surface area contributed by atoms with Gasteiger partial charge >= 0.3 is 0 Å². The molecule has 4 atom stereocenters. The van der Waals surface area contributed by atoms with Crippen LogP contribution in [0.5, 0.6) is 11.5 Å². The molecule has 2 aromatic carbocycles. The predicted molar refractivity (Wildman–Crippen MR) is 136 cm³/mol. The first kappa shape index (κ1) is 26.8. The molecular formula is C28H31N3O7. The quantitative estimate of drug-likeness (QED) is 0.340. The standard InChI is InChI=1S/C28H31N3O7/c1-14(2)24(25(33)23-16(4)26(34)31-28(23)36)30-22(32)12-19(17-7-5-15(3)6-8-17)29-27(35)18-9-10-20-21(11-18)38-13-37-20/h5-11,14,16,19,23-24H,12-13H2,1-4H3,(H,29,35)(H,30,32)(H,31,34,36)/t16-,19?,23+,24-/m0/s1. The van der Waals surface area contributed by atoms with Crippen molar-refractivity contribution in [2.24, 2.45) is 17.8 Å². The van der Waals surface area contributed by atoms with Gasteiger partial charge in [-0.15, -0.1) is 0 Å². The molecule has 0 aliphatic carbocycles. The van der Waals surface area contributed by atoms with E-state index in [-0.39, 0.29) is 19.1 Å². The molecule has 1 fully saturated rings. The van der Waals surface area contributed by atoms with Gasteiger partial charge in [-0.05, 0) is 36.6 Å². The van der Waals surface area contributed by atoms with Crippen molar-refractivity contribution in [2.75, 3.05) is 6.79 Å². The van der Waals surface area contributed by atoms with Crippen molar-refractivity contribution < 1.29 is 33.4 Å². The maximum atomic E-state index is 13.2. The number of imide groups is 1. The van der Waals surface area contributed by atoms with Crippen LogP contribution >= 0.6 is 0 Å². The Morgan fingerprint density at radius 3 is 2.29 bits per heavy atom. The summed E-state index contributed by atoms with van der Waals surface area (Å²) in [5, 5.41) is 7.83. The van der Waals surface area contributed by atoms with Crippen LogP contribution in [0.15, 0.2) is 42.5 Å². The number of ether oxygens (including phenoxy) is 2. The molecule has 2 heterocycles. The number of hydrogen-bond acceptors (Lipinski definition) is 7. The van der Waals surface area contributed by atoms with Crippen LogP contribution in [-0.4, -0.2) is 42.2 Å². The number of ketones is 1. The summed E-state index contributed by atoms with van der Waals surface area (Å²) >= 11 is 0. The van der Waals surface area contributed by atoms with Crippen molar-refractivity contribution in [2.45, 2.75) is 46.2 Å². The Morgan fingerprint density at radius 2 is 1.66 bits per heavy atom. The highest BCUT2D eigenvalue weighted by Gasteiger charge is 2.46. The van der Waals surface area contributed by atoms with Crippen LogP contribution in [0.2, 0.25) is 0 Å². The summed E-state index contributed by atoms with van der Waals surface area (Å²) in [6.07, 6.45) is -0.152. The van der Waals surface area contributed by atoms with E-state index in [1.165, 1.54) is 6.92 Å². The summed E-state index contributed by atoms with van der Waals surface area (Å²) in [4.78, 5) is 63.7. The Hall–Kier alpha value is -4.21. The van der Waals surface area contributed by atoms with Crippen LogP contribution in [0.1, 0.15) is 54.7 Å². The number of rotatable bonds is 9. The first-order valence-electron chi connectivity index (χ1n) is 12.5. The van der Waals surface area contributed by atoms with Gasteiger partial charge in [0.15, 0.2) is 17.3 Å². The topological polar surface area (TPSA) is 140 Å². The summed E-state index contributed by atoms with van der Waals surface area (Å²) in [6, 6.07) is 10.6. The average molecular weight is 522 g/mol. The third-order valence-corrected chi connectivity index (χ3v) is 6.85.